The summed E-state index contributed by atoms with van der Waals surface area (Å²) in [6.45, 7) is 5.16. The van der Waals surface area contributed by atoms with E-state index in [0.717, 1.165) is 19.4 Å². The first kappa shape index (κ1) is 7.54. The number of carbonyl (C=O) groups is 1. The molecule has 1 aliphatic heterocycles. The summed E-state index contributed by atoms with van der Waals surface area (Å²) in [6, 6.07) is -0.266. The number of rotatable bonds is 2. The quantitative estimate of drug-likeness (QED) is 0.605. The summed E-state index contributed by atoms with van der Waals surface area (Å²) < 4.78 is 0. The van der Waals surface area contributed by atoms with Crippen molar-refractivity contribution < 1.29 is 9.90 Å². The van der Waals surface area contributed by atoms with Crippen LogP contribution in [-0.2, 0) is 4.79 Å². The van der Waals surface area contributed by atoms with Crippen molar-refractivity contribution in [2.75, 3.05) is 13.1 Å². The van der Waals surface area contributed by atoms with Gasteiger partial charge in [0.1, 0.15) is 6.04 Å². The summed E-state index contributed by atoms with van der Waals surface area (Å²) in [7, 11) is 0. The molecule has 10 heavy (non-hydrogen) atoms. The van der Waals surface area contributed by atoms with Crippen LogP contribution in [0.4, 0.5) is 0 Å². The number of likely N-dealkylation sites (tertiary alicyclic amines) is 1. The number of aliphatic carboxylic acids is 1. The molecule has 1 N–H and O–H groups in total. The van der Waals surface area contributed by atoms with E-state index in [1.165, 1.54) is 0 Å². The minimum Gasteiger partial charge on any atom is -0.480 e. The molecular weight excluding hydrogens is 130 g/mol. The summed E-state index contributed by atoms with van der Waals surface area (Å²) in [5, 5.41) is 8.65. The van der Waals surface area contributed by atoms with Gasteiger partial charge in [-0.05, 0) is 32.9 Å². The maximum absolute atomic E-state index is 10.5. The van der Waals surface area contributed by atoms with Gasteiger partial charge in [0, 0.05) is 0 Å². The van der Waals surface area contributed by atoms with Crippen LogP contribution in [0.5, 0.6) is 0 Å². The Balaban J connectivity index is 2.50. The highest BCUT2D eigenvalue weighted by atomic mass is 16.4. The molecule has 0 saturated carbocycles. The molecule has 0 aliphatic carbocycles. The minimum atomic E-state index is -0.707. The normalized spacial score (nSPS) is 27.1. The van der Waals surface area contributed by atoms with Crippen LogP contribution in [-0.4, -0.2) is 35.1 Å². The lowest BCUT2D eigenvalue weighted by molar-refractivity contribution is -0.141. The maximum Gasteiger partial charge on any atom is 0.320 e. The number of carboxylic acids is 1. The molecule has 1 fully saturated rings. The van der Waals surface area contributed by atoms with Crippen LogP contribution in [0.3, 0.4) is 0 Å². The second-order valence-corrected chi connectivity index (χ2v) is 2.53. The fourth-order valence-electron chi connectivity index (χ4n) is 1.37. The van der Waals surface area contributed by atoms with Crippen molar-refractivity contribution in [3.63, 3.8) is 0 Å². The summed E-state index contributed by atoms with van der Waals surface area (Å²) in [6.07, 6.45) is 1.78. The molecule has 1 aliphatic rings. The van der Waals surface area contributed by atoms with E-state index in [-0.39, 0.29) is 6.04 Å². The van der Waals surface area contributed by atoms with Crippen LogP contribution in [0.25, 0.3) is 0 Å². The Labute approximate surface area is 60.6 Å². The monoisotopic (exact) mass is 142 g/mol. The third-order valence-corrected chi connectivity index (χ3v) is 1.94. The fraction of sp³-hybridized carbons (Fsp3) is 0.714. The third kappa shape index (κ3) is 1.29. The summed E-state index contributed by atoms with van der Waals surface area (Å²) >= 11 is 0. The van der Waals surface area contributed by atoms with Gasteiger partial charge in [0.2, 0.25) is 0 Å². The van der Waals surface area contributed by atoms with Gasteiger partial charge in [-0.25, -0.2) is 0 Å². The maximum atomic E-state index is 10.5. The van der Waals surface area contributed by atoms with Crippen LogP contribution in [0.2, 0.25) is 0 Å². The van der Waals surface area contributed by atoms with E-state index in [0.29, 0.717) is 6.54 Å². The molecule has 1 heterocycles. The highest BCUT2D eigenvalue weighted by molar-refractivity contribution is 5.73. The number of hydrogen-bond donors (Lipinski definition) is 1. The minimum absolute atomic E-state index is 0.266. The smallest absolute Gasteiger partial charge is 0.320 e. The van der Waals surface area contributed by atoms with Crippen LogP contribution >= 0.6 is 0 Å². The Kier molecular flexibility index (Phi) is 2.27. The lowest BCUT2D eigenvalue weighted by Gasteiger charge is -2.17. The number of nitrogens with zero attached hydrogens (tertiary/aromatic N) is 1. The van der Waals surface area contributed by atoms with Crippen molar-refractivity contribution in [2.45, 2.75) is 18.9 Å². The zero-order valence-electron chi connectivity index (χ0n) is 5.92. The zero-order chi connectivity index (χ0) is 7.56. The van der Waals surface area contributed by atoms with Crippen molar-refractivity contribution in [3.05, 3.63) is 6.92 Å². The average molecular weight is 142 g/mol. The summed E-state index contributed by atoms with van der Waals surface area (Å²) in [5.74, 6) is -0.707. The van der Waals surface area contributed by atoms with E-state index in [4.69, 9.17) is 5.11 Å². The van der Waals surface area contributed by atoms with Gasteiger partial charge in [-0.2, -0.15) is 0 Å². The van der Waals surface area contributed by atoms with E-state index >= 15 is 0 Å². The molecular formula is C7H12NO2. The van der Waals surface area contributed by atoms with Crippen molar-refractivity contribution in [2.24, 2.45) is 0 Å². The number of hydrogen-bond acceptors (Lipinski definition) is 2. The molecule has 0 aromatic heterocycles. The molecule has 0 aromatic carbocycles. The van der Waals surface area contributed by atoms with E-state index in [9.17, 15) is 4.79 Å². The Hall–Kier alpha value is -0.570. The van der Waals surface area contributed by atoms with Gasteiger partial charge < -0.3 is 5.11 Å². The van der Waals surface area contributed by atoms with Crippen LogP contribution < -0.4 is 0 Å². The molecule has 1 atom stereocenters. The molecule has 0 bridgehead atoms. The Morgan fingerprint density at radius 1 is 1.80 bits per heavy atom. The molecule has 1 radical (unpaired) electrons. The molecule has 0 aromatic rings. The molecule has 1 unspecified atom stereocenters. The van der Waals surface area contributed by atoms with E-state index in [1.807, 2.05) is 4.90 Å². The predicted molar refractivity (Wildman–Crippen MR) is 37.6 cm³/mol. The predicted octanol–water partition coefficient (Wildman–Crippen LogP) is 0.369. The number of carboxylic acid groups (broad SMARTS) is 1. The topological polar surface area (TPSA) is 40.5 Å². The molecule has 1 saturated heterocycles. The molecule has 3 heteroatoms. The first-order valence-electron chi connectivity index (χ1n) is 3.52. The molecule has 0 amide bonds. The van der Waals surface area contributed by atoms with Gasteiger partial charge >= 0.3 is 5.97 Å². The van der Waals surface area contributed by atoms with E-state index in [1.54, 1.807) is 0 Å². The Morgan fingerprint density at radius 2 is 2.50 bits per heavy atom. The molecule has 57 valence electrons. The molecule has 1 rings (SSSR count). The zero-order valence-corrected chi connectivity index (χ0v) is 5.92. The standard InChI is InChI=1S/C7H12NO2/c1-2-8-5-3-4-6(8)7(9)10/h6H,1-5H2,(H,9,10). The lowest BCUT2D eigenvalue weighted by Crippen LogP contribution is -2.35. The second-order valence-electron chi connectivity index (χ2n) is 2.53. The van der Waals surface area contributed by atoms with Gasteiger partial charge in [-0.15, -0.1) is 0 Å². The Bertz CT molecular complexity index is 136. The average Bonchev–Trinajstić information content (AvgIpc) is 2.33. The van der Waals surface area contributed by atoms with Gasteiger partial charge in [-0.1, -0.05) is 0 Å². The van der Waals surface area contributed by atoms with Gasteiger partial charge in [0.05, 0.1) is 0 Å². The molecule has 0 spiro atoms. The van der Waals surface area contributed by atoms with Crippen molar-refractivity contribution in [1.29, 1.82) is 0 Å². The van der Waals surface area contributed by atoms with Crippen LogP contribution in [0.1, 0.15) is 12.8 Å². The summed E-state index contributed by atoms with van der Waals surface area (Å²) in [5.41, 5.74) is 0. The lowest BCUT2D eigenvalue weighted by atomic mass is 10.2. The van der Waals surface area contributed by atoms with Crippen molar-refractivity contribution in [3.8, 4) is 0 Å². The second kappa shape index (κ2) is 3.01. The van der Waals surface area contributed by atoms with Gasteiger partial charge in [-0.3, -0.25) is 9.69 Å². The summed E-state index contributed by atoms with van der Waals surface area (Å²) in [4.78, 5) is 12.4. The van der Waals surface area contributed by atoms with Crippen molar-refractivity contribution >= 4 is 5.97 Å². The van der Waals surface area contributed by atoms with Crippen LogP contribution in [0.15, 0.2) is 0 Å². The SMILES string of the molecule is [CH2]CN1CCCC1C(=O)O. The van der Waals surface area contributed by atoms with Gasteiger partial charge in [0.15, 0.2) is 0 Å². The molecule has 3 nitrogen and oxygen atoms in total. The largest absolute Gasteiger partial charge is 0.480 e. The fourth-order valence-corrected chi connectivity index (χ4v) is 1.37. The highest BCUT2D eigenvalue weighted by Gasteiger charge is 2.28. The third-order valence-electron chi connectivity index (χ3n) is 1.94. The Morgan fingerprint density at radius 3 is 2.90 bits per heavy atom. The van der Waals surface area contributed by atoms with Crippen molar-refractivity contribution in [1.82, 2.24) is 4.90 Å². The first-order valence-corrected chi connectivity index (χ1v) is 3.52. The van der Waals surface area contributed by atoms with Crippen LogP contribution in [0, 0.1) is 6.92 Å². The van der Waals surface area contributed by atoms with E-state index in [2.05, 4.69) is 6.92 Å². The van der Waals surface area contributed by atoms with Gasteiger partial charge in [0.25, 0.3) is 0 Å². The van der Waals surface area contributed by atoms with E-state index < -0.39 is 5.97 Å². The highest BCUT2D eigenvalue weighted by Crippen LogP contribution is 2.15. The first-order chi connectivity index (χ1) is 4.75.